The van der Waals surface area contributed by atoms with E-state index in [0.717, 1.165) is 12.3 Å². The molecule has 5 nitrogen and oxygen atoms in total. The summed E-state index contributed by atoms with van der Waals surface area (Å²) in [6.07, 6.45) is 3.26. The van der Waals surface area contributed by atoms with Crippen LogP contribution in [0.4, 0.5) is 14.5 Å². The second-order valence-electron chi connectivity index (χ2n) is 3.93. The summed E-state index contributed by atoms with van der Waals surface area (Å²) in [6.45, 7) is 1.88. The summed E-state index contributed by atoms with van der Waals surface area (Å²) in [5, 5.41) is 6.65. The van der Waals surface area contributed by atoms with Gasteiger partial charge in [0.1, 0.15) is 0 Å². The molecule has 2 rings (SSSR count). The monoisotopic (exact) mass is 266 g/mol. The second-order valence-corrected chi connectivity index (χ2v) is 3.93. The number of aryl methyl sites for hydroxylation is 2. The topological polar surface area (TPSA) is 59.8 Å². The molecule has 2 aromatic rings. The van der Waals surface area contributed by atoms with E-state index in [1.165, 1.54) is 4.68 Å². The van der Waals surface area contributed by atoms with E-state index in [-0.39, 0.29) is 0 Å². The number of carbonyl (C=O) groups excluding carboxylic acids is 1. The molecule has 1 amide bonds. The minimum Gasteiger partial charge on any atom is -0.319 e. The van der Waals surface area contributed by atoms with Crippen molar-refractivity contribution in [2.45, 2.75) is 13.3 Å². The van der Waals surface area contributed by atoms with Crippen LogP contribution in [0.2, 0.25) is 0 Å². The Morgan fingerprint density at radius 2 is 2.21 bits per heavy atom. The van der Waals surface area contributed by atoms with Gasteiger partial charge in [-0.25, -0.2) is 9.37 Å². The van der Waals surface area contributed by atoms with Crippen LogP contribution in [0.1, 0.15) is 23.0 Å². The normalized spacial score (nSPS) is 10.5. The van der Waals surface area contributed by atoms with Gasteiger partial charge < -0.3 is 5.32 Å². The molecule has 0 unspecified atom stereocenters. The van der Waals surface area contributed by atoms with Gasteiger partial charge >= 0.3 is 0 Å². The van der Waals surface area contributed by atoms with E-state index in [2.05, 4.69) is 15.4 Å². The zero-order chi connectivity index (χ0) is 14.0. The quantitative estimate of drug-likeness (QED) is 0.863. The third kappa shape index (κ3) is 2.59. The van der Waals surface area contributed by atoms with Gasteiger partial charge in [0.2, 0.25) is 5.95 Å². The van der Waals surface area contributed by atoms with Gasteiger partial charge in [-0.1, -0.05) is 6.92 Å². The molecule has 2 aromatic heterocycles. The number of pyridine rings is 1. The Bertz CT molecular complexity index is 624. The molecule has 19 heavy (non-hydrogen) atoms. The van der Waals surface area contributed by atoms with Gasteiger partial charge in [-0.3, -0.25) is 9.48 Å². The van der Waals surface area contributed by atoms with E-state index in [1.807, 2.05) is 6.92 Å². The number of aromatic nitrogens is 3. The molecule has 0 bridgehead atoms. The fourth-order valence-electron chi connectivity index (χ4n) is 1.68. The molecule has 100 valence electrons. The summed E-state index contributed by atoms with van der Waals surface area (Å²) >= 11 is 0. The number of hydrogen-bond acceptors (Lipinski definition) is 3. The summed E-state index contributed by atoms with van der Waals surface area (Å²) in [7, 11) is 1.71. The molecule has 0 aromatic carbocycles. The Hall–Kier alpha value is -2.31. The maximum absolute atomic E-state index is 13.4. The Kier molecular flexibility index (Phi) is 3.55. The lowest BCUT2D eigenvalue weighted by Gasteiger charge is -2.05. The molecule has 2 heterocycles. The predicted molar refractivity (Wildman–Crippen MR) is 64.7 cm³/mol. The SMILES string of the molecule is CCc1nn(C)cc1NC(=O)c1ccnc(F)c1F. The molecule has 0 saturated heterocycles. The Morgan fingerprint density at radius 1 is 1.47 bits per heavy atom. The van der Waals surface area contributed by atoms with E-state index in [1.54, 1.807) is 13.2 Å². The van der Waals surface area contributed by atoms with E-state index in [4.69, 9.17) is 0 Å². The molecule has 0 aliphatic heterocycles. The van der Waals surface area contributed by atoms with Crippen molar-refractivity contribution in [3.8, 4) is 0 Å². The zero-order valence-corrected chi connectivity index (χ0v) is 10.4. The molecule has 0 spiro atoms. The first kappa shape index (κ1) is 13.1. The number of carbonyl (C=O) groups is 1. The van der Waals surface area contributed by atoms with E-state index < -0.39 is 23.2 Å². The second kappa shape index (κ2) is 5.13. The lowest BCUT2D eigenvalue weighted by molar-refractivity contribution is 0.102. The molecule has 1 N–H and O–H groups in total. The third-order valence-corrected chi connectivity index (χ3v) is 2.58. The number of nitrogens with one attached hydrogen (secondary N) is 1. The minimum atomic E-state index is -1.30. The van der Waals surface area contributed by atoms with Crippen molar-refractivity contribution in [3.63, 3.8) is 0 Å². The summed E-state index contributed by atoms with van der Waals surface area (Å²) in [5.74, 6) is -3.29. The van der Waals surface area contributed by atoms with Crippen LogP contribution < -0.4 is 5.32 Å². The third-order valence-electron chi connectivity index (χ3n) is 2.58. The molecule has 0 aliphatic rings. The molecule has 0 saturated carbocycles. The number of halogens is 2. The molecule has 0 radical (unpaired) electrons. The van der Waals surface area contributed by atoms with Crippen LogP contribution in [0.25, 0.3) is 0 Å². The number of rotatable bonds is 3. The van der Waals surface area contributed by atoms with Crippen LogP contribution in [-0.2, 0) is 13.5 Å². The number of amides is 1. The average Bonchev–Trinajstić information content (AvgIpc) is 2.72. The van der Waals surface area contributed by atoms with Crippen molar-refractivity contribution in [3.05, 3.63) is 41.5 Å². The lowest BCUT2D eigenvalue weighted by Crippen LogP contribution is -2.15. The number of anilines is 1. The fraction of sp³-hybridized carbons (Fsp3) is 0.250. The fourth-order valence-corrected chi connectivity index (χ4v) is 1.68. The Morgan fingerprint density at radius 3 is 2.89 bits per heavy atom. The highest BCUT2D eigenvalue weighted by Gasteiger charge is 2.18. The van der Waals surface area contributed by atoms with Gasteiger partial charge in [0, 0.05) is 19.4 Å². The van der Waals surface area contributed by atoms with Crippen LogP contribution >= 0.6 is 0 Å². The molecule has 0 atom stereocenters. The van der Waals surface area contributed by atoms with Gasteiger partial charge in [-0.05, 0) is 12.5 Å². The maximum atomic E-state index is 13.4. The van der Waals surface area contributed by atoms with Crippen molar-refractivity contribution in [2.75, 3.05) is 5.32 Å². The Labute approximate surface area is 108 Å². The highest BCUT2D eigenvalue weighted by atomic mass is 19.2. The molecular weight excluding hydrogens is 254 g/mol. The molecule has 0 fully saturated rings. The van der Waals surface area contributed by atoms with E-state index in [9.17, 15) is 13.6 Å². The van der Waals surface area contributed by atoms with Gasteiger partial charge in [-0.2, -0.15) is 9.49 Å². The molecule has 7 heteroatoms. The molecular formula is C12H12F2N4O. The summed E-state index contributed by atoms with van der Waals surface area (Å²) in [4.78, 5) is 15.0. The minimum absolute atomic E-state index is 0.390. The van der Waals surface area contributed by atoms with E-state index in [0.29, 0.717) is 17.8 Å². The first-order valence-electron chi connectivity index (χ1n) is 5.66. The smallest absolute Gasteiger partial charge is 0.258 e. The van der Waals surface area contributed by atoms with Crippen molar-refractivity contribution >= 4 is 11.6 Å². The van der Waals surface area contributed by atoms with Crippen molar-refractivity contribution in [1.82, 2.24) is 14.8 Å². The maximum Gasteiger partial charge on any atom is 0.258 e. The van der Waals surface area contributed by atoms with Crippen LogP contribution in [0, 0.1) is 11.8 Å². The van der Waals surface area contributed by atoms with Gasteiger partial charge in [0.25, 0.3) is 5.91 Å². The molecule has 0 aliphatic carbocycles. The van der Waals surface area contributed by atoms with Crippen molar-refractivity contribution in [2.24, 2.45) is 7.05 Å². The first-order valence-corrected chi connectivity index (χ1v) is 5.66. The summed E-state index contributed by atoms with van der Waals surface area (Å²) in [6, 6.07) is 1.12. The highest BCUT2D eigenvalue weighted by molar-refractivity contribution is 6.04. The van der Waals surface area contributed by atoms with Crippen LogP contribution in [-0.4, -0.2) is 20.7 Å². The van der Waals surface area contributed by atoms with Crippen molar-refractivity contribution in [1.29, 1.82) is 0 Å². The van der Waals surface area contributed by atoms with Crippen LogP contribution in [0.15, 0.2) is 18.5 Å². The van der Waals surface area contributed by atoms with Gasteiger partial charge in [0.15, 0.2) is 5.82 Å². The van der Waals surface area contributed by atoms with Gasteiger partial charge in [-0.15, -0.1) is 0 Å². The number of hydrogen-bond donors (Lipinski definition) is 1. The van der Waals surface area contributed by atoms with E-state index >= 15 is 0 Å². The Balaban J connectivity index is 2.28. The zero-order valence-electron chi connectivity index (χ0n) is 10.4. The predicted octanol–water partition coefficient (Wildman–Crippen LogP) is 1.91. The van der Waals surface area contributed by atoms with Gasteiger partial charge in [0.05, 0.1) is 16.9 Å². The highest BCUT2D eigenvalue weighted by Crippen LogP contribution is 2.16. The van der Waals surface area contributed by atoms with Crippen LogP contribution in [0.5, 0.6) is 0 Å². The standard InChI is InChI=1S/C12H12F2N4O/c1-3-8-9(6-18(2)17-8)16-12(19)7-4-5-15-11(14)10(7)13/h4-6H,3H2,1-2H3,(H,16,19). The number of nitrogens with zero attached hydrogens (tertiary/aromatic N) is 3. The van der Waals surface area contributed by atoms with Crippen LogP contribution in [0.3, 0.4) is 0 Å². The summed E-state index contributed by atoms with van der Waals surface area (Å²) < 4.78 is 27.9. The first-order chi connectivity index (χ1) is 9.02. The lowest BCUT2D eigenvalue weighted by atomic mass is 10.2. The largest absolute Gasteiger partial charge is 0.319 e. The van der Waals surface area contributed by atoms with Crippen molar-refractivity contribution < 1.29 is 13.6 Å². The average molecular weight is 266 g/mol. The summed E-state index contributed by atoms with van der Waals surface area (Å²) in [5.41, 5.74) is 0.760.